The Kier molecular flexibility index (Phi) is 5.52. The van der Waals surface area contributed by atoms with Gasteiger partial charge < -0.3 is 10.6 Å². The minimum atomic E-state index is -0.382. The van der Waals surface area contributed by atoms with Crippen molar-refractivity contribution in [2.24, 2.45) is 0 Å². The zero-order valence-electron chi connectivity index (χ0n) is 12.8. The van der Waals surface area contributed by atoms with Gasteiger partial charge in [-0.1, -0.05) is 11.6 Å². The van der Waals surface area contributed by atoms with Crippen LogP contribution in [0.3, 0.4) is 0 Å². The molecule has 0 atom stereocenters. The molecule has 0 unspecified atom stereocenters. The molecule has 0 radical (unpaired) electrons. The van der Waals surface area contributed by atoms with E-state index in [0.717, 1.165) is 25.1 Å². The van der Waals surface area contributed by atoms with Crippen LogP contribution < -0.4 is 16.2 Å². The molecule has 1 aliphatic rings. The van der Waals surface area contributed by atoms with Crippen LogP contribution in [-0.2, 0) is 0 Å². The Balaban J connectivity index is 0.00000192. The van der Waals surface area contributed by atoms with E-state index < -0.39 is 0 Å². The number of hydrogen-bond acceptors (Lipinski definition) is 4. The number of halogens is 1. The van der Waals surface area contributed by atoms with Crippen LogP contribution in [0.15, 0.2) is 41.0 Å². The molecule has 0 saturated heterocycles. The Morgan fingerprint density at radius 3 is 3.04 bits per heavy atom. The lowest BCUT2D eigenvalue weighted by molar-refractivity contribution is 0.0954. The van der Waals surface area contributed by atoms with Crippen molar-refractivity contribution in [3.63, 3.8) is 0 Å². The summed E-state index contributed by atoms with van der Waals surface area (Å²) in [5.74, 6) is -0.382. The van der Waals surface area contributed by atoms with Gasteiger partial charge >= 0.3 is 0 Å². The number of rotatable bonds is 3. The smallest absolute Gasteiger partial charge is 0.270 e. The first kappa shape index (κ1) is 17.2. The average molecular weight is 335 g/mol. The summed E-state index contributed by atoms with van der Waals surface area (Å²) in [5, 5.41) is 6.01. The molecule has 7 heteroatoms. The van der Waals surface area contributed by atoms with Crippen LogP contribution in [0, 0.1) is 6.92 Å². The predicted octanol–water partition coefficient (Wildman–Crippen LogP) is 1.07. The molecule has 0 aromatic carbocycles. The second kappa shape index (κ2) is 7.39. The molecule has 0 bridgehead atoms. The zero-order chi connectivity index (χ0) is 15.5. The summed E-state index contributed by atoms with van der Waals surface area (Å²) in [4.78, 5) is 28.8. The Bertz CT molecular complexity index is 813. The molecule has 2 N–H and O–H groups in total. The topological polar surface area (TPSA) is 75.5 Å². The number of hydrogen-bond donors (Lipinski definition) is 2. The molecule has 3 rings (SSSR count). The SMILES string of the molecule is Cc1ccn2c(=O)c(C(=O)NCC3=CCNCC3)cnc2c1.Cl. The van der Waals surface area contributed by atoms with Crippen molar-refractivity contribution in [2.75, 3.05) is 19.6 Å². The van der Waals surface area contributed by atoms with E-state index in [-0.39, 0.29) is 29.4 Å². The molecular formula is C16H19ClN4O2. The van der Waals surface area contributed by atoms with Gasteiger partial charge in [-0.2, -0.15) is 0 Å². The maximum Gasteiger partial charge on any atom is 0.270 e. The van der Waals surface area contributed by atoms with E-state index in [0.29, 0.717) is 12.2 Å². The first-order valence-corrected chi connectivity index (χ1v) is 7.30. The minimum Gasteiger partial charge on any atom is -0.348 e. The number of pyridine rings is 1. The summed E-state index contributed by atoms with van der Waals surface area (Å²) in [6.07, 6.45) is 5.97. The zero-order valence-corrected chi connectivity index (χ0v) is 13.7. The molecule has 0 fully saturated rings. The molecule has 3 heterocycles. The van der Waals surface area contributed by atoms with Crippen LogP contribution in [0.25, 0.3) is 5.65 Å². The van der Waals surface area contributed by atoms with Gasteiger partial charge in [0, 0.05) is 25.5 Å². The number of fused-ring (bicyclic) bond motifs is 1. The normalized spacial score (nSPS) is 14.0. The molecular weight excluding hydrogens is 316 g/mol. The maximum absolute atomic E-state index is 12.4. The molecule has 122 valence electrons. The minimum absolute atomic E-state index is 0. The summed E-state index contributed by atoms with van der Waals surface area (Å²) in [6, 6.07) is 3.63. The van der Waals surface area contributed by atoms with Crippen LogP contribution in [0.5, 0.6) is 0 Å². The van der Waals surface area contributed by atoms with E-state index in [2.05, 4.69) is 21.7 Å². The predicted molar refractivity (Wildman–Crippen MR) is 91.3 cm³/mol. The summed E-state index contributed by atoms with van der Waals surface area (Å²) in [7, 11) is 0. The molecule has 23 heavy (non-hydrogen) atoms. The number of carbonyl (C=O) groups excluding carboxylic acids is 1. The Morgan fingerprint density at radius 1 is 1.48 bits per heavy atom. The highest BCUT2D eigenvalue weighted by molar-refractivity contribution is 5.93. The molecule has 0 spiro atoms. The molecule has 0 aliphatic carbocycles. The van der Waals surface area contributed by atoms with E-state index in [1.165, 1.54) is 16.2 Å². The van der Waals surface area contributed by atoms with Gasteiger partial charge in [-0.3, -0.25) is 14.0 Å². The number of amides is 1. The van der Waals surface area contributed by atoms with E-state index in [1.807, 2.05) is 19.1 Å². The van der Waals surface area contributed by atoms with Crippen molar-refractivity contribution in [2.45, 2.75) is 13.3 Å². The maximum atomic E-state index is 12.4. The van der Waals surface area contributed by atoms with Crippen molar-refractivity contribution < 1.29 is 4.79 Å². The van der Waals surface area contributed by atoms with Gasteiger partial charge in [-0.25, -0.2) is 4.98 Å². The third kappa shape index (κ3) is 3.78. The molecule has 1 aliphatic heterocycles. The fraction of sp³-hybridized carbons (Fsp3) is 0.312. The van der Waals surface area contributed by atoms with Crippen LogP contribution >= 0.6 is 12.4 Å². The largest absolute Gasteiger partial charge is 0.348 e. The summed E-state index contributed by atoms with van der Waals surface area (Å²) >= 11 is 0. The summed E-state index contributed by atoms with van der Waals surface area (Å²) in [6.45, 7) is 4.14. The van der Waals surface area contributed by atoms with Crippen LogP contribution in [0.4, 0.5) is 0 Å². The monoisotopic (exact) mass is 334 g/mol. The molecule has 0 saturated carbocycles. The molecule has 6 nitrogen and oxygen atoms in total. The third-order valence-electron chi connectivity index (χ3n) is 3.74. The second-order valence-corrected chi connectivity index (χ2v) is 5.41. The number of carbonyl (C=O) groups is 1. The second-order valence-electron chi connectivity index (χ2n) is 5.41. The third-order valence-corrected chi connectivity index (χ3v) is 3.74. The molecule has 1 amide bonds. The lowest BCUT2D eigenvalue weighted by atomic mass is 10.1. The standard InChI is InChI=1S/C16H18N4O2.ClH/c1-11-4-7-20-14(8-11)18-10-13(16(20)22)15(21)19-9-12-2-5-17-6-3-12;/h2,4,7-8,10,17H,3,5-6,9H2,1H3,(H,19,21);1H. The van der Waals surface area contributed by atoms with E-state index in [9.17, 15) is 9.59 Å². The summed E-state index contributed by atoms with van der Waals surface area (Å²) < 4.78 is 1.39. The van der Waals surface area contributed by atoms with Gasteiger partial charge in [0.15, 0.2) is 0 Å². The summed E-state index contributed by atoms with van der Waals surface area (Å²) in [5.41, 5.74) is 2.46. The number of aryl methyl sites for hydroxylation is 1. The fourth-order valence-corrected chi connectivity index (χ4v) is 2.45. The number of nitrogens with one attached hydrogen (secondary N) is 2. The van der Waals surface area contributed by atoms with Crippen molar-refractivity contribution in [3.05, 3.63) is 57.7 Å². The van der Waals surface area contributed by atoms with Crippen LogP contribution in [0.1, 0.15) is 22.3 Å². The number of nitrogens with zero attached hydrogens (tertiary/aromatic N) is 2. The van der Waals surface area contributed by atoms with Gasteiger partial charge in [-0.05, 0) is 37.6 Å². The van der Waals surface area contributed by atoms with Crippen molar-refractivity contribution in [1.82, 2.24) is 20.0 Å². The molecule has 2 aromatic heterocycles. The van der Waals surface area contributed by atoms with Crippen molar-refractivity contribution in [3.8, 4) is 0 Å². The Labute approximate surface area is 140 Å². The first-order chi connectivity index (χ1) is 10.6. The van der Waals surface area contributed by atoms with E-state index in [4.69, 9.17) is 0 Å². The van der Waals surface area contributed by atoms with Crippen LogP contribution in [-0.4, -0.2) is 34.9 Å². The number of aromatic nitrogens is 2. The average Bonchev–Trinajstić information content (AvgIpc) is 2.54. The van der Waals surface area contributed by atoms with Gasteiger partial charge in [0.25, 0.3) is 11.5 Å². The highest BCUT2D eigenvalue weighted by Gasteiger charge is 2.14. The van der Waals surface area contributed by atoms with Gasteiger partial charge in [-0.15, -0.1) is 12.4 Å². The lowest BCUT2D eigenvalue weighted by Crippen LogP contribution is -2.34. The Morgan fingerprint density at radius 2 is 2.30 bits per heavy atom. The van der Waals surface area contributed by atoms with Gasteiger partial charge in [0.1, 0.15) is 11.2 Å². The Hall–Kier alpha value is -2.18. The first-order valence-electron chi connectivity index (χ1n) is 7.30. The van der Waals surface area contributed by atoms with E-state index in [1.54, 1.807) is 6.20 Å². The quantitative estimate of drug-likeness (QED) is 0.823. The van der Waals surface area contributed by atoms with Gasteiger partial charge in [0.05, 0.1) is 0 Å². The fourth-order valence-electron chi connectivity index (χ4n) is 2.45. The van der Waals surface area contributed by atoms with Gasteiger partial charge in [0.2, 0.25) is 0 Å². The molecule has 2 aromatic rings. The van der Waals surface area contributed by atoms with Crippen LogP contribution in [0.2, 0.25) is 0 Å². The highest BCUT2D eigenvalue weighted by atomic mass is 35.5. The highest BCUT2D eigenvalue weighted by Crippen LogP contribution is 2.04. The lowest BCUT2D eigenvalue weighted by Gasteiger charge is -2.14. The van der Waals surface area contributed by atoms with Crippen molar-refractivity contribution >= 4 is 24.0 Å². The van der Waals surface area contributed by atoms with E-state index >= 15 is 0 Å². The van der Waals surface area contributed by atoms with Crippen molar-refractivity contribution in [1.29, 1.82) is 0 Å².